The Kier molecular flexibility index (Phi) is 4.39. The van der Waals surface area contributed by atoms with Gasteiger partial charge in [0.1, 0.15) is 5.78 Å². The van der Waals surface area contributed by atoms with Crippen molar-refractivity contribution in [2.45, 2.75) is 26.2 Å². The van der Waals surface area contributed by atoms with Crippen LogP contribution < -0.4 is 0 Å². The van der Waals surface area contributed by atoms with Crippen molar-refractivity contribution in [2.24, 2.45) is 0 Å². The molecule has 1 unspecified atom stereocenters. The fourth-order valence-corrected chi connectivity index (χ4v) is 2.48. The summed E-state index contributed by atoms with van der Waals surface area (Å²) in [5.41, 5.74) is 3.32. The van der Waals surface area contributed by atoms with E-state index < -0.39 is 0 Å². The molecule has 2 rings (SSSR count). The summed E-state index contributed by atoms with van der Waals surface area (Å²) in [5.74, 6) is 0.487. The minimum atomic E-state index is 0.225. The topological polar surface area (TPSA) is 17.1 Å². The summed E-state index contributed by atoms with van der Waals surface area (Å²) in [5, 5.41) is 0.757. The normalized spacial score (nSPS) is 12.2. The Balaban J connectivity index is 2.24. The van der Waals surface area contributed by atoms with Crippen molar-refractivity contribution >= 4 is 17.4 Å². The smallest absolute Gasteiger partial charge is 0.130 e. The van der Waals surface area contributed by atoms with Crippen LogP contribution in [0.2, 0.25) is 5.02 Å². The van der Waals surface area contributed by atoms with Crippen LogP contribution in [0.1, 0.15) is 31.7 Å². The number of hydrogen-bond acceptors (Lipinski definition) is 1. The lowest BCUT2D eigenvalue weighted by Crippen LogP contribution is -2.00. The van der Waals surface area contributed by atoms with Crippen LogP contribution in [0.4, 0.5) is 0 Å². The van der Waals surface area contributed by atoms with Gasteiger partial charge in [-0.2, -0.15) is 0 Å². The molecule has 1 atom stereocenters. The zero-order valence-corrected chi connectivity index (χ0v) is 11.9. The standard InChI is InChI=1S/C17H17ClO/c1-12(11-13(2)19)14-7-9-15(10-8-14)16-5-3-4-6-17(16)18/h3-10,12H,11H2,1-2H3. The molecule has 1 nitrogen and oxygen atoms in total. The van der Waals surface area contributed by atoms with Crippen LogP contribution in [0.5, 0.6) is 0 Å². The van der Waals surface area contributed by atoms with Gasteiger partial charge in [-0.1, -0.05) is 61.0 Å². The lowest BCUT2D eigenvalue weighted by Gasteiger charge is -2.11. The zero-order chi connectivity index (χ0) is 13.8. The van der Waals surface area contributed by atoms with Gasteiger partial charge in [-0.15, -0.1) is 0 Å². The Morgan fingerprint density at radius 1 is 1.11 bits per heavy atom. The predicted molar refractivity (Wildman–Crippen MR) is 80.6 cm³/mol. The van der Waals surface area contributed by atoms with Crippen LogP contribution in [0.15, 0.2) is 48.5 Å². The third-order valence-electron chi connectivity index (χ3n) is 3.26. The van der Waals surface area contributed by atoms with Crippen LogP contribution in [0.3, 0.4) is 0 Å². The molecule has 0 saturated heterocycles. The maximum absolute atomic E-state index is 11.1. The van der Waals surface area contributed by atoms with E-state index in [0.29, 0.717) is 6.42 Å². The van der Waals surface area contributed by atoms with Crippen molar-refractivity contribution in [3.63, 3.8) is 0 Å². The maximum atomic E-state index is 11.1. The highest BCUT2D eigenvalue weighted by Gasteiger charge is 2.09. The summed E-state index contributed by atoms with van der Waals surface area (Å²) in [6.45, 7) is 3.71. The van der Waals surface area contributed by atoms with E-state index in [-0.39, 0.29) is 11.7 Å². The van der Waals surface area contributed by atoms with Crippen LogP contribution in [-0.4, -0.2) is 5.78 Å². The Labute approximate surface area is 119 Å². The first-order chi connectivity index (χ1) is 9.08. The van der Waals surface area contributed by atoms with Crippen molar-refractivity contribution < 1.29 is 4.79 Å². The summed E-state index contributed by atoms with van der Waals surface area (Å²) < 4.78 is 0. The number of rotatable bonds is 4. The van der Waals surface area contributed by atoms with Gasteiger partial charge in [0.25, 0.3) is 0 Å². The van der Waals surface area contributed by atoms with E-state index in [1.165, 1.54) is 5.56 Å². The van der Waals surface area contributed by atoms with E-state index in [4.69, 9.17) is 11.6 Å². The second-order valence-corrected chi connectivity index (χ2v) is 5.32. The highest BCUT2D eigenvalue weighted by molar-refractivity contribution is 6.33. The van der Waals surface area contributed by atoms with Gasteiger partial charge in [0.05, 0.1) is 0 Å². The largest absolute Gasteiger partial charge is 0.300 e. The van der Waals surface area contributed by atoms with Crippen LogP contribution in [0.25, 0.3) is 11.1 Å². The molecule has 0 bridgehead atoms. The van der Waals surface area contributed by atoms with Gasteiger partial charge in [0.2, 0.25) is 0 Å². The fraction of sp³-hybridized carbons (Fsp3) is 0.235. The number of halogens is 1. The summed E-state index contributed by atoms with van der Waals surface area (Å²) in [4.78, 5) is 11.1. The van der Waals surface area contributed by atoms with Crippen LogP contribution in [-0.2, 0) is 4.79 Å². The molecule has 0 fully saturated rings. The second kappa shape index (κ2) is 6.03. The molecular formula is C17H17ClO. The molecule has 0 aliphatic heterocycles. The van der Waals surface area contributed by atoms with Crippen molar-refractivity contribution in [1.29, 1.82) is 0 Å². The lowest BCUT2D eigenvalue weighted by atomic mass is 9.94. The predicted octanol–water partition coefficient (Wildman–Crippen LogP) is 5.09. The number of ketones is 1. The van der Waals surface area contributed by atoms with Crippen molar-refractivity contribution in [3.8, 4) is 11.1 Å². The van der Waals surface area contributed by atoms with E-state index in [0.717, 1.165) is 16.1 Å². The first-order valence-electron chi connectivity index (χ1n) is 6.42. The molecule has 0 aliphatic rings. The van der Waals surface area contributed by atoms with Crippen molar-refractivity contribution in [1.82, 2.24) is 0 Å². The molecule has 0 aliphatic carbocycles. The molecular weight excluding hydrogens is 256 g/mol. The van der Waals surface area contributed by atoms with Gasteiger partial charge in [-0.05, 0) is 30.0 Å². The van der Waals surface area contributed by atoms with Crippen LogP contribution in [0, 0.1) is 0 Å². The molecule has 2 heteroatoms. The maximum Gasteiger partial charge on any atom is 0.130 e. The SMILES string of the molecule is CC(=O)CC(C)c1ccc(-c2ccccc2Cl)cc1. The molecule has 0 heterocycles. The molecule has 98 valence electrons. The average Bonchev–Trinajstić information content (AvgIpc) is 2.39. The Hall–Kier alpha value is -1.60. The lowest BCUT2D eigenvalue weighted by molar-refractivity contribution is -0.117. The van der Waals surface area contributed by atoms with Gasteiger partial charge in [-0.3, -0.25) is 0 Å². The summed E-state index contributed by atoms with van der Waals surface area (Å²) >= 11 is 6.19. The minimum Gasteiger partial charge on any atom is -0.300 e. The van der Waals surface area contributed by atoms with E-state index in [1.54, 1.807) is 6.92 Å². The third kappa shape index (κ3) is 3.45. The van der Waals surface area contributed by atoms with Crippen molar-refractivity contribution in [3.05, 3.63) is 59.1 Å². The Morgan fingerprint density at radius 3 is 2.32 bits per heavy atom. The molecule has 2 aromatic rings. The number of carbonyl (C=O) groups excluding carboxylic acids is 1. The van der Waals surface area contributed by atoms with Gasteiger partial charge < -0.3 is 4.79 Å². The molecule has 0 saturated carbocycles. The van der Waals surface area contributed by atoms with E-state index in [2.05, 4.69) is 31.2 Å². The average molecular weight is 273 g/mol. The van der Waals surface area contributed by atoms with Gasteiger partial charge in [0, 0.05) is 17.0 Å². The van der Waals surface area contributed by atoms with E-state index >= 15 is 0 Å². The molecule has 0 aromatic heterocycles. The molecule has 2 aromatic carbocycles. The Morgan fingerprint density at radius 2 is 1.74 bits per heavy atom. The summed E-state index contributed by atoms with van der Waals surface area (Å²) in [6, 6.07) is 16.1. The number of carbonyl (C=O) groups is 1. The van der Waals surface area contributed by atoms with Gasteiger partial charge >= 0.3 is 0 Å². The van der Waals surface area contributed by atoms with E-state index in [9.17, 15) is 4.79 Å². The first kappa shape index (κ1) is 13.8. The molecule has 0 amide bonds. The number of hydrogen-bond donors (Lipinski definition) is 0. The molecule has 0 radical (unpaired) electrons. The zero-order valence-electron chi connectivity index (χ0n) is 11.2. The fourth-order valence-electron chi connectivity index (χ4n) is 2.24. The highest BCUT2D eigenvalue weighted by Crippen LogP contribution is 2.29. The second-order valence-electron chi connectivity index (χ2n) is 4.91. The first-order valence-corrected chi connectivity index (χ1v) is 6.80. The quantitative estimate of drug-likeness (QED) is 0.758. The van der Waals surface area contributed by atoms with Crippen molar-refractivity contribution in [2.75, 3.05) is 0 Å². The molecule has 0 spiro atoms. The Bertz CT molecular complexity index is 572. The summed E-state index contributed by atoms with van der Waals surface area (Å²) in [6.07, 6.45) is 0.589. The molecule has 19 heavy (non-hydrogen) atoms. The summed E-state index contributed by atoms with van der Waals surface area (Å²) in [7, 11) is 0. The molecule has 0 N–H and O–H groups in total. The number of Topliss-reactive ketones (excluding diaryl/α,β-unsaturated/α-hetero) is 1. The van der Waals surface area contributed by atoms with Crippen LogP contribution >= 0.6 is 11.6 Å². The van der Waals surface area contributed by atoms with E-state index in [1.807, 2.05) is 24.3 Å². The van der Waals surface area contributed by atoms with Gasteiger partial charge in [0.15, 0.2) is 0 Å². The third-order valence-corrected chi connectivity index (χ3v) is 3.59. The van der Waals surface area contributed by atoms with Gasteiger partial charge in [-0.25, -0.2) is 0 Å². The number of benzene rings is 2. The monoisotopic (exact) mass is 272 g/mol. The minimum absolute atomic E-state index is 0.225. The highest BCUT2D eigenvalue weighted by atomic mass is 35.5.